The summed E-state index contributed by atoms with van der Waals surface area (Å²) in [6, 6.07) is 3.07. The smallest absolute Gasteiger partial charge is 0.309 e. The molecule has 2 heterocycles. The van der Waals surface area contributed by atoms with Crippen molar-refractivity contribution in [3.05, 3.63) is 35.4 Å². The van der Waals surface area contributed by atoms with Crippen LogP contribution in [0.4, 0.5) is 8.78 Å². The maximum atomic E-state index is 13.9. The molecule has 0 aromatic heterocycles. The lowest BCUT2D eigenvalue weighted by Crippen LogP contribution is -2.48. The first-order valence-electron chi connectivity index (χ1n) is 8.45. The van der Waals surface area contributed by atoms with Crippen LogP contribution in [0.15, 0.2) is 23.4 Å². The zero-order valence-corrected chi connectivity index (χ0v) is 14.6. The number of nitrogens with zero attached hydrogens (tertiary/aromatic N) is 2. The van der Waals surface area contributed by atoms with E-state index in [0.717, 1.165) is 18.2 Å². The highest BCUT2D eigenvalue weighted by Crippen LogP contribution is 2.27. The third-order valence-corrected chi connectivity index (χ3v) is 4.90. The van der Waals surface area contributed by atoms with Crippen molar-refractivity contribution < 1.29 is 27.9 Å². The summed E-state index contributed by atoms with van der Waals surface area (Å²) in [5.74, 6) is -2.01. The van der Waals surface area contributed by atoms with E-state index < -0.39 is 17.7 Å². The van der Waals surface area contributed by atoms with Gasteiger partial charge in [-0.2, -0.15) is 0 Å². The molecular formula is C18H20F2N2O4. The fraction of sp³-hybridized carbons (Fsp3) is 0.500. The standard InChI is InChI=1S/C18H20F2N2O4/c1-10-9-22(6-5-12(10)18(24)25-2)17(23)16-8-15(21-26-16)13-7-11(19)3-4-14(13)20/h3-4,7,10,12,16H,5-6,8-9H2,1-2H3/t10-,12+,16?/m0/s1. The summed E-state index contributed by atoms with van der Waals surface area (Å²) in [7, 11) is 1.35. The molecule has 8 heteroatoms. The number of carbonyl (C=O) groups excluding carboxylic acids is 2. The SMILES string of the molecule is COC(=O)[C@@H]1CCN(C(=O)C2CC(c3cc(F)ccc3F)=NO2)C[C@@H]1C. The number of benzene rings is 1. The van der Waals surface area contributed by atoms with Crippen LogP contribution in [0.25, 0.3) is 0 Å². The van der Waals surface area contributed by atoms with E-state index in [1.54, 1.807) is 4.90 Å². The van der Waals surface area contributed by atoms with E-state index in [4.69, 9.17) is 9.57 Å². The average molecular weight is 366 g/mol. The summed E-state index contributed by atoms with van der Waals surface area (Å²) in [6.07, 6.45) is -0.280. The zero-order chi connectivity index (χ0) is 18.8. The van der Waals surface area contributed by atoms with Gasteiger partial charge in [-0.05, 0) is 30.5 Å². The molecule has 26 heavy (non-hydrogen) atoms. The Kier molecular flexibility index (Phi) is 5.20. The third-order valence-electron chi connectivity index (χ3n) is 4.90. The highest BCUT2D eigenvalue weighted by Gasteiger charge is 2.38. The number of halogens is 2. The van der Waals surface area contributed by atoms with Gasteiger partial charge < -0.3 is 14.5 Å². The Hall–Kier alpha value is -2.51. The van der Waals surface area contributed by atoms with E-state index in [-0.39, 0.29) is 41.4 Å². The third kappa shape index (κ3) is 3.54. The van der Waals surface area contributed by atoms with Gasteiger partial charge in [-0.3, -0.25) is 9.59 Å². The molecule has 0 bridgehead atoms. The number of likely N-dealkylation sites (tertiary alicyclic amines) is 1. The number of oxime groups is 1. The molecule has 6 nitrogen and oxygen atoms in total. The Morgan fingerprint density at radius 3 is 2.81 bits per heavy atom. The van der Waals surface area contributed by atoms with Gasteiger partial charge in [0.15, 0.2) is 0 Å². The number of rotatable bonds is 3. The Labute approximate surface area is 149 Å². The fourth-order valence-electron chi connectivity index (χ4n) is 3.44. The quantitative estimate of drug-likeness (QED) is 0.769. The number of amides is 1. The molecule has 0 aliphatic carbocycles. The van der Waals surface area contributed by atoms with E-state index in [1.807, 2.05) is 6.92 Å². The summed E-state index contributed by atoms with van der Waals surface area (Å²) >= 11 is 0. The van der Waals surface area contributed by atoms with E-state index in [9.17, 15) is 18.4 Å². The molecule has 140 valence electrons. The first-order chi connectivity index (χ1) is 12.4. The normalized spacial score (nSPS) is 25.5. The van der Waals surface area contributed by atoms with Crippen LogP contribution in [0.2, 0.25) is 0 Å². The lowest BCUT2D eigenvalue weighted by Gasteiger charge is -2.36. The molecule has 3 atom stereocenters. The number of piperidine rings is 1. The monoisotopic (exact) mass is 366 g/mol. The van der Waals surface area contributed by atoms with Crippen LogP contribution in [-0.4, -0.2) is 48.8 Å². The van der Waals surface area contributed by atoms with Gasteiger partial charge in [-0.1, -0.05) is 12.1 Å². The molecule has 3 rings (SSSR count). The maximum absolute atomic E-state index is 13.9. The predicted octanol–water partition coefficient (Wildman–Crippen LogP) is 2.12. The summed E-state index contributed by atoms with van der Waals surface area (Å²) < 4.78 is 32.0. The largest absolute Gasteiger partial charge is 0.469 e. The van der Waals surface area contributed by atoms with Crippen molar-refractivity contribution in [3.63, 3.8) is 0 Å². The van der Waals surface area contributed by atoms with E-state index in [2.05, 4.69) is 5.16 Å². The topological polar surface area (TPSA) is 68.2 Å². The highest BCUT2D eigenvalue weighted by atomic mass is 19.1. The van der Waals surface area contributed by atoms with Crippen LogP contribution in [0, 0.1) is 23.5 Å². The van der Waals surface area contributed by atoms with Crippen molar-refractivity contribution in [2.45, 2.75) is 25.9 Å². The first kappa shape index (κ1) is 18.3. The van der Waals surface area contributed by atoms with E-state index >= 15 is 0 Å². The Balaban J connectivity index is 1.63. The molecule has 1 saturated heterocycles. The molecule has 1 unspecified atom stereocenters. The Morgan fingerprint density at radius 2 is 2.12 bits per heavy atom. The molecule has 1 amide bonds. The highest BCUT2D eigenvalue weighted by molar-refractivity contribution is 6.04. The van der Waals surface area contributed by atoms with Crippen LogP contribution in [0.1, 0.15) is 25.3 Å². The van der Waals surface area contributed by atoms with Crippen molar-refractivity contribution in [2.24, 2.45) is 17.0 Å². The van der Waals surface area contributed by atoms with Crippen molar-refractivity contribution in [1.82, 2.24) is 4.90 Å². The molecule has 2 aliphatic heterocycles. The van der Waals surface area contributed by atoms with Crippen molar-refractivity contribution in [2.75, 3.05) is 20.2 Å². The Bertz CT molecular complexity index is 753. The van der Waals surface area contributed by atoms with E-state index in [0.29, 0.717) is 19.5 Å². The van der Waals surface area contributed by atoms with Crippen molar-refractivity contribution in [1.29, 1.82) is 0 Å². The molecule has 1 aromatic rings. The molecule has 0 radical (unpaired) electrons. The van der Waals surface area contributed by atoms with Gasteiger partial charge in [0.2, 0.25) is 6.10 Å². The second-order valence-corrected chi connectivity index (χ2v) is 6.64. The molecule has 0 saturated carbocycles. The minimum Gasteiger partial charge on any atom is -0.469 e. The van der Waals surface area contributed by atoms with Gasteiger partial charge in [-0.25, -0.2) is 8.78 Å². The lowest BCUT2D eigenvalue weighted by molar-refractivity contribution is -0.154. The summed E-state index contributed by atoms with van der Waals surface area (Å²) in [5, 5.41) is 3.77. The minimum absolute atomic E-state index is 0.00179. The minimum atomic E-state index is -0.866. The number of ether oxygens (including phenoxy) is 1. The predicted molar refractivity (Wildman–Crippen MR) is 88.3 cm³/mol. The fourth-order valence-corrected chi connectivity index (χ4v) is 3.44. The molecular weight excluding hydrogens is 346 g/mol. The number of hydrogen-bond acceptors (Lipinski definition) is 5. The maximum Gasteiger partial charge on any atom is 0.309 e. The van der Waals surface area contributed by atoms with Gasteiger partial charge in [0.05, 0.1) is 18.7 Å². The molecule has 2 aliphatic rings. The van der Waals surface area contributed by atoms with E-state index in [1.165, 1.54) is 7.11 Å². The van der Waals surface area contributed by atoms with Crippen molar-refractivity contribution in [3.8, 4) is 0 Å². The average Bonchev–Trinajstić information content (AvgIpc) is 3.12. The number of hydrogen-bond donors (Lipinski definition) is 0. The van der Waals surface area contributed by atoms with Gasteiger partial charge in [-0.15, -0.1) is 0 Å². The van der Waals surface area contributed by atoms with Crippen LogP contribution < -0.4 is 0 Å². The number of esters is 1. The number of carbonyl (C=O) groups is 2. The first-order valence-corrected chi connectivity index (χ1v) is 8.45. The van der Waals surface area contributed by atoms with Crippen LogP contribution >= 0.6 is 0 Å². The Morgan fingerprint density at radius 1 is 1.35 bits per heavy atom. The van der Waals surface area contributed by atoms with Crippen LogP contribution in [0.3, 0.4) is 0 Å². The van der Waals surface area contributed by atoms with Gasteiger partial charge in [0, 0.05) is 25.1 Å². The summed E-state index contributed by atoms with van der Waals surface area (Å²) in [6.45, 7) is 2.70. The molecule has 0 spiro atoms. The second-order valence-electron chi connectivity index (χ2n) is 6.64. The number of methoxy groups -OCH3 is 1. The van der Waals surface area contributed by atoms with Gasteiger partial charge >= 0.3 is 5.97 Å². The zero-order valence-electron chi connectivity index (χ0n) is 14.6. The van der Waals surface area contributed by atoms with Gasteiger partial charge in [0.1, 0.15) is 11.6 Å². The summed E-state index contributed by atoms with van der Waals surface area (Å²) in [4.78, 5) is 31.2. The van der Waals surface area contributed by atoms with Crippen molar-refractivity contribution >= 4 is 17.6 Å². The summed E-state index contributed by atoms with van der Waals surface area (Å²) in [5.41, 5.74) is 0.205. The second kappa shape index (κ2) is 7.39. The van der Waals surface area contributed by atoms with Crippen LogP contribution in [-0.2, 0) is 19.2 Å². The lowest BCUT2D eigenvalue weighted by atomic mass is 9.86. The molecule has 0 N–H and O–H groups in total. The molecule has 1 fully saturated rings. The molecule has 1 aromatic carbocycles. The van der Waals surface area contributed by atoms with Crippen LogP contribution in [0.5, 0.6) is 0 Å². The van der Waals surface area contributed by atoms with Gasteiger partial charge in [0.25, 0.3) is 5.91 Å².